The van der Waals surface area contributed by atoms with Crippen LogP contribution in [0.1, 0.15) is 59.6 Å². The van der Waals surface area contributed by atoms with Gasteiger partial charge in [-0.3, -0.25) is 4.90 Å². The number of fused-ring (bicyclic) bond motifs is 1. The van der Waals surface area contributed by atoms with E-state index in [4.69, 9.17) is 14.2 Å². The van der Waals surface area contributed by atoms with E-state index in [0.29, 0.717) is 13.0 Å². The zero-order chi connectivity index (χ0) is 34.2. The van der Waals surface area contributed by atoms with Crippen molar-refractivity contribution in [3.8, 4) is 11.1 Å². The van der Waals surface area contributed by atoms with Gasteiger partial charge in [0.2, 0.25) is 0 Å². The first kappa shape index (κ1) is 34.1. The van der Waals surface area contributed by atoms with Crippen LogP contribution >= 0.6 is 0 Å². The second-order valence-electron chi connectivity index (χ2n) is 12.6. The lowest BCUT2D eigenvalue weighted by Gasteiger charge is -2.39. The third-order valence-electron chi connectivity index (χ3n) is 9.29. The van der Waals surface area contributed by atoms with Crippen LogP contribution in [0.15, 0.2) is 128 Å². The topological polar surface area (TPSA) is 80.3 Å². The molecule has 6 rings (SSSR count). The predicted molar refractivity (Wildman–Crippen MR) is 194 cm³/mol. The average molecular weight is 657 g/mol. The molecule has 0 saturated carbocycles. The molecular weight excluding hydrogens is 612 g/mol. The number of likely N-dealkylation sites (N-methyl/N-ethyl adjacent to an activating group) is 1. The van der Waals surface area contributed by atoms with Gasteiger partial charge in [0, 0.05) is 31.1 Å². The number of alkyl carbamates (subject to hydrolysis) is 1. The van der Waals surface area contributed by atoms with Crippen LogP contribution in [0.5, 0.6) is 0 Å². The Kier molecular flexibility index (Phi) is 11.2. The van der Waals surface area contributed by atoms with E-state index >= 15 is 0 Å². The third-order valence-corrected chi connectivity index (χ3v) is 9.29. The molecule has 1 heterocycles. The number of benzene rings is 5. The summed E-state index contributed by atoms with van der Waals surface area (Å²) in [6.45, 7) is 7.05. The van der Waals surface area contributed by atoms with Gasteiger partial charge in [-0.05, 0) is 64.2 Å². The Morgan fingerprint density at radius 2 is 1.65 bits per heavy atom. The van der Waals surface area contributed by atoms with Gasteiger partial charge in [0.15, 0.2) is 6.29 Å². The summed E-state index contributed by atoms with van der Waals surface area (Å²) in [5, 5.41) is 14.9. The summed E-state index contributed by atoms with van der Waals surface area (Å²) in [6, 6.07) is 39.5. The van der Waals surface area contributed by atoms with E-state index in [2.05, 4.69) is 97.5 Å². The number of nitrogens with one attached hydrogen (secondary N) is 1. The van der Waals surface area contributed by atoms with Crippen LogP contribution in [0, 0.1) is 0 Å². The summed E-state index contributed by atoms with van der Waals surface area (Å²) < 4.78 is 18.4. The minimum Gasteiger partial charge on any atom is -0.445 e. The molecule has 1 fully saturated rings. The number of carbonyl (C=O) groups is 1. The molecule has 1 saturated heterocycles. The van der Waals surface area contributed by atoms with Crippen LogP contribution in [0.4, 0.5) is 4.79 Å². The van der Waals surface area contributed by atoms with Crippen molar-refractivity contribution in [1.29, 1.82) is 0 Å². The van der Waals surface area contributed by atoms with Crippen LogP contribution in [-0.4, -0.2) is 42.4 Å². The highest BCUT2D eigenvalue weighted by atomic mass is 16.7. The first-order chi connectivity index (χ1) is 23.9. The van der Waals surface area contributed by atoms with Gasteiger partial charge in [-0.1, -0.05) is 122 Å². The maximum Gasteiger partial charge on any atom is 0.407 e. The van der Waals surface area contributed by atoms with E-state index in [9.17, 15) is 9.90 Å². The van der Waals surface area contributed by atoms with Crippen molar-refractivity contribution in [3.05, 3.63) is 156 Å². The summed E-state index contributed by atoms with van der Waals surface area (Å²) in [7, 11) is 2.15. The number of nitrogens with zero attached hydrogens (tertiary/aromatic N) is 1. The van der Waals surface area contributed by atoms with E-state index in [1.165, 1.54) is 22.4 Å². The molecule has 7 heteroatoms. The highest BCUT2D eigenvalue weighted by Crippen LogP contribution is 2.39. The molecule has 0 aliphatic carbocycles. The van der Waals surface area contributed by atoms with Crippen LogP contribution < -0.4 is 5.32 Å². The molecule has 5 aromatic carbocycles. The maximum absolute atomic E-state index is 12.0. The molecule has 0 unspecified atom stereocenters. The van der Waals surface area contributed by atoms with Crippen molar-refractivity contribution >= 4 is 16.9 Å². The normalized spacial score (nSPS) is 18.2. The van der Waals surface area contributed by atoms with Crippen LogP contribution in [0.3, 0.4) is 0 Å². The van der Waals surface area contributed by atoms with E-state index in [0.717, 1.165) is 39.9 Å². The molecule has 5 aromatic rings. The molecule has 1 aliphatic heterocycles. The lowest BCUT2D eigenvalue weighted by Crippen LogP contribution is -2.38. The predicted octanol–water partition coefficient (Wildman–Crippen LogP) is 8.65. The fourth-order valence-corrected chi connectivity index (χ4v) is 6.36. The van der Waals surface area contributed by atoms with E-state index in [-0.39, 0.29) is 31.5 Å². The first-order valence-corrected chi connectivity index (χ1v) is 16.8. The Balaban J connectivity index is 1.20. The molecule has 1 aliphatic rings. The largest absolute Gasteiger partial charge is 0.445 e. The molecule has 0 spiro atoms. The highest BCUT2D eigenvalue weighted by molar-refractivity contribution is 5.83. The number of ether oxygens (including phenoxy) is 3. The molecule has 0 bridgehead atoms. The van der Waals surface area contributed by atoms with Crippen molar-refractivity contribution < 1.29 is 24.1 Å². The number of rotatable bonds is 12. The average Bonchev–Trinajstić information content (AvgIpc) is 3.15. The summed E-state index contributed by atoms with van der Waals surface area (Å²) in [5.74, 6) is 0. The molecular formula is C42H44N2O5. The lowest BCUT2D eigenvalue weighted by atomic mass is 9.97. The third kappa shape index (κ3) is 8.45. The standard InChI is InChI=1S/C42H44N2O5/c1-4-23-47-42(46)43-26-37-11-7-8-12-39(37)32-18-20-34(21-19-32)41-48-38(25-40(49-41)33-15-13-30(28-45)14-16-33)27-44(3)29(2)35-22-17-31-9-5-6-10-36(31)24-35/h4-22,24,29,38,40-41,45H,1,23,25-28H2,2-3H3,(H,43,46)/t29-,38+,40-,41-/m1/s1. The van der Waals surface area contributed by atoms with Crippen molar-refractivity contribution in [2.75, 3.05) is 20.2 Å². The number of aliphatic hydroxyl groups excluding tert-OH is 1. The second-order valence-corrected chi connectivity index (χ2v) is 12.6. The molecule has 7 nitrogen and oxygen atoms in total. The summed E-state index contributed by atoms with van der Waals surface area (Å²) >= 11 is 0. The Hall–Kier alpha value is -4.79. The Labute approximate surface area is 288 Å². The van der Waals surface area contributed by atoms with Gasteiger partial charge < -0.3 is 24.6 Å². The fourth-order valence-electron chi connectivity index (χ4n) is 6.36. The Bertz CT molecular complexity index is 1860. The van der Waals surface area contributed by atoms with Gasteiger partial charge in [0.1, 0.15) is 6.61 Å². The zero-order valence-corrected chi connectivity index (χ0v) is 28.1. The fraction of sp³-hybridized carbons (Fsp3) is 0.262. The zero-order valence-electron chi connectivity index (χ0n) is 28.1. The molecule has 1 amide bonds. The minimum atomic E-state index is -0.559. The molecule has 2 N–H and O–H groups in total. The highest BCUT2D eigenvalue weighted by Gasteiger charge is 2.33. The minimum absolute atomic E-state index is 0.00254. The van der Waals surface area contributed by atoms with Crippen molar-refractivity contribution in [2.45, 2.75) is 51.0 Å². The number of carbonyl (C=O) groups excluding carboxylic acids is 1. The van der Waals surface area contributed by atoms with Crippen molar-refractivity contribution in [2.24, 2.45) is 0 Å². The van der Waals surface area contributed by atoms with E-state index in [1.54, 1.807) is 0 Å². The van der Waals surface area contributed by atoms with Crippen LogP contribution in [0.2, 0.25) is 0 Å². The first-order valence-electron chi connectivity index (χ1n) is 16.8. The van der Waals surface area contributed by atoms with Gasteiger partial charge >= 0.3 is 6.09 Å². The van der Waals surface area contributed by atoms with Gasteiger partial charge in [-0.15, -0.1) is 0 Å². The summed E-state index contributed by atoms with van der Waals surface area (Å²) in [6.07, 6.45) is 0.948. The van der Waals surface area contributed by atoms with Gasteiger partial charge in [0.25, 0.3) is 0 Å². The monoisotopic (exact) mass is 656 g/mol. The van der Waals surface area contributed by atoms with Crippen LogP contribution in [0.25, 0.3) is 21.9 Å². The van der Waals surface area contributed by atoms with Crippen LogP contribution in [-0.2, 0) is 27.4 Å². The van der Waals surface area contributed by atoms with Gasteiger partial charge in [0.05, 0.1) is 18.8 Å². The Morgan fingerprint density at radius 1 is 0.939 bits per heavy atom. The number of hydrogen-bond acceptors (Lipinski definition) is 6. The van der Waals surface area contributed by atoms with Gasteiger partial charge in [-0.2, -0.15) is 0 Å². The Morgan fingerprint density at radius 3 is 2.41 bits per heavy atom. The van der Waals surface area contributed by atoms with E-state index < -0.39 is 12.4 Å². The molecule has 0 radical (unpaired) electrons. The number of aliphatic hydroxyl groups is 1. The van der Waals surface area contributed by atoms with Crippen molar-refractivity contribution in [3.63, 3.8) is 0 Å². The van der Waals surface area contributed by atoms with E-state index in [1.807, 2.05) is 48.5 Å². The van der Waals surface area contributed by atoms with Crippen molar-refractivity contribution in [1.82, 2.24) is 10.2 Å². The maximum atomic E-state index is 12.0. The summed E-state index contributed by atoms with van der Waals surface area (Å²) in [4.78, 5) is 14.4. The molecule has 4 atom stereocenters. The van der Waals surface area contributed by atoms with Gasteiger partial charge in [-0.25, -0.2) is 4.79 Å². The number of hydrogen-bond donors (Lipinski definition) is 2. The smallest absolute Gasteiger partial charge is 0.407 e. The summed E-state index contributed by atoms with van der Waals surface area (Å²) in [5.41, 5.74) is 7.14. The number of amides is 1. The molecule has 49 heavy (non-hydrogen) atoms. The SMILES string of the molecule is C=CCOC(=O)NCc1ccccc1-c1ccc([C@@H]2O[C@H](CN(C)[C@H](C)c3ccc4ccccc4c3)C[C@H](c3ccc(CO)cc3)O2)cc1. The second kappa shape index (κ2) is 16.1. The lowest BCUT2D eigenvalue weighted by molar-refractivity contribution is -0.253. The molecule has 0 aromatic heterocycles. The molecule has 252 valence electrons. The quantitative estimate of drug-likeness (QED) is 0.131.